The lowest BCUT2D eigenvalue weighted by molar-refractivity contribution is 0.297. The van der Waals surface area contributed by atoms with Crippen LogP contribution in [0.25, 0.3) is 0 Å². The van der Waals surface area contributed by atoms with Crippen LogP contribution in [0.15, 0.2) is 18.2 Å². The van der Waals surface area contributed by atoms with Crippen molar-refractivity contribution in [2.75, 3.05) is 40.4 Å². The molecule has 1 heterocycles. The third kappa shape index (κ3) is 4.39. The fourth-order valence-electron chi connectivity index (χ4n) is 2.28. The van der Waals surface area contributed by atoms with Crippen LogP contribution in [0.2, 0.25) is 0 Å². The molecule has 1 aliphatic heterocycles. The predicted molar refractivity (Wildman–Crippen MR) is 81.6 cm³/mol. The zero-order valence-electron chi connectivity index (χ0n) is 12.8. The van der Waals surface area contributed by atoms with Gasteiger partial charge in [-0.1, -0.05) is 6.07 Å². The quantitative estimate of drug-likeness (QED) is 0.811. The second kappa shape index (κ2) is 7.50. The molecule has 1 unspecified atom stereocenters. The third-order valence-corrected chi connectivity index (χ3v) is 3.50. The van der Waals surface area contributed by atoms with E-state index in [1.807, 2.05) is 6.07 Å². The minimum absolute atomic E-state index is 0.328. The van der Waals surface area contributed by atoms with Crippen LogP contribution in [0.1, 0.15) is 31.4 Å². The van der Waals surface area contributed by atoms with Crippen molar-refractivity contribution in [2.45, 2.75) is 25.8 Å². The van der Waals surface area contributed by atoms with Crippen LogP contribution in [0.5, 0.6) is 11.5 Å². The average molecular weight is 278 g/mol. The van der Waals surface area contributed by atoms with Crippen molar-refractivity contribution in [1.82, 2.24) is 10.2 Å². The molecule has 4 heteroatoms. The number of nitrogens with zero attached hydrogens (tertiary/aromatic N) is 1. The lowest BCUT2D eigenvalue weighted by Crippen LogP contribution is -2.23. The fourth-order valence-corrected chi connectivity index (χ4v) is 2.28. The Balaban J connectivity index is 1.89. The summed E-state index contributed by atoms with van der Waals surface area (Å²) in [6.07, 6.45) is 2.10. The van der Waals surface area contributed by atoms with E-state index < -0.39 is 0 Å². The van der Waals surface area contributed by atoms with E-state index in [2.05, 4.69) is 43.4 Å². The molecule has 0 amide bonds. The summed E-state index contributed by atoms with van der Waals surface area (Å²) in [5.41, 5.74) is 1.25. The molecule has 1 aromatic rings. The van der Waals surface area contributed by atoms with Crippen LogP contribution in [0.4, 0.5) is 0 Å². The average Bonchev–Trinajstić information content (AvgIpc) is 2.67. The Kier molecular flexibility index (Phi) is 5.68. The second-order valence-electron chi connectivity index (χ2n) is 5.59. The smallest absolute Gasteiger partial charge is 0.161 e. The van der Waals surface area contributed by atoms with Gasteiger partial charge in [-0.25, -0.2) is 0 Å². The maximum Gasteiger partial charge on any atom is 0.161 e. The standard InChI is InChI=1S/C16H26N2O2/c1-13(17-8-4-9-18(2)3)14-6-7-15-16(12-14)20-11-5-10-19-15/h6-7,12-13,17H,4-5,8-11H2,1-3H3. The molecule has 112 valence electrons. The Labute approximate surface area is 122 Å². The summed E-state index contributed by atoms with van der Waals surface area (Å²) in [5, 5.41) is 3.55. The summed E-state index contributed by atoms with van der Waals surface area (Å²) >= 11 is 0. The van der Waals surface area contributed by atoms with E-state index in [9.17, 15) is 0 Å². The Hall–Kier alpha value is -1.26. The Morgan fingerprint density at radius 3 is 2.70 bits per heavy atom. The fraction of sp³-hybridized carbons (Fsp3) is 0.625. The van der Waals surface area contributed by atoms with Gasteiger partial charge in [-0.3, -0.25) is 0 Å². The van der Waals surface area contributed by atoms with E-state index in [1.54, 1.807) is 0 Å². The lowest BCUT2D eigenvalue weighted by atomic mass is 10.1. The summed E-state index contributed by atoms with van der Waals surface area (Å²) in [7, 11) is 4.21. The van der Waals surface area contributed by atoms with E-state index in [-0.39, 0.29) is 0 Å². The summed E-state index contributed by atoms with van der Waals surface area (Å²) < 4.78 is 11.4. The van der Waals surface area contributed by atoms with Gasteiger partial charge in [0.25, 0.3) is 0 Å². The highest BCUT2D eigenvalue weighted by Gasteiger charge is 2.13. The van der Waals surface area contributed by atoms with E-state index in [4.69, 9.17) is 9.47 Å². The van der Waals surface area contributed by atoms with Gasteiger partial charge >= 0.3 is 0 Å². The largest absolute Gasteiger partial charge is 0.490 e. The van der Waals surface area contributed by atoms with Gasteiger partial charge in [-0.2, -0.15) is 0 Å². The number of ether oxygens (including phenoxy) is 2. The van der Waals surface area contributed by atoms with Gasteiger partial charge < -0.3 is 19.7 Å². The van der Waals surface area contributed by atoms with Crippen LogP contribution in [0.3, 0.4) is 0 Å². The summed E-state index contributed by atoms with van der Waals surface area (Å²) in [4.78, 5) is 2.21. The molecule has 0 saturated heterocycles. The first-order valence-corrected chi connectivity index (χ1v) is 7.44. The molecule has 20 heavy (non-hydrogen) atoms. The van der Waals surface area contributed by atoms with Crippen LogP contribution in [0, 0.1) is 0 Å². The molecule has 1 aliphatic rings. The second-order valence-corrected chi connectivity index (χ2v) is 5.59. The van der Waals surface area contributed by atoms with Gasteiger partial charge in [-0.15, -0.1) is 0 Å². The molecule has 0 aromatic heterocycles. The number of rotatable bonds is 6. The number of benzene rings is 1. The molecule has 1 atom stereocenters. The van der Waals surface area contributed by atoms with Gasteiger partial charge in [0.1, 0.15) is 0 Å². The highest BCUT2D eigenvalue weighted by atomic mass is 16.5. The van der Waals surface area contributed by atoms with Crippen LogP contribution in [-0.4, -0.2) is 45.3 Å². The first-order chi connectivity index (χ1) is 9.66. The molecule has 0 saturated carbocycles. The monoisotopic (exact) mass is 278 g/mol. The van der Waals surface area contributed by atoms with Crippen molar-refractivity contribution in [1.29, 1.82) is 0 Å². The molecule has 0 bridgehead atoms. The van der Waals surface area contributed by atoms with E-state index >= 15 is 0 Å². The highest BCUT2D eigenvalue weighted by molar-refractivity contribution is 5.44. The number of hydrogen-bond donors (Lipinski definition) is 1. The van der Waals surface area contributed by atoms with Crippen molar-refractivity contribution >= 4 is 0 Å². The molecule has 0 spiro atoms. The van der Waals surface area contributed by atoms with E-state index in [0.717, 1.165) is 50.6 Å². The minimum atomic E-state index is 0.328. The summed E-state index contributed by atoms with van der Waals surface area (Å²) in [5.74, 6) is 1.74. The van der Waals surface area contributed by atoms with Crippen molar-refractivity contribution in [2.24, 2.45) is 0 Å². The molecule has 0 aliphatic carbocycles. The maximum atomic E-state index is 5.74. The molecular formula is C16H26N2O2. The van der Waals surface area contributed by atoms with Crippen molar-refractivity contribution in [3.63, 3.8) is 0 Å². The summed E-state index contributed by atoms with van der Waals surface area (Å²) in [6.45, 7) is 5.80. The maximum absolute atomic E-state index is 5.74. The Bertz CT molecular complexity index is 421. The van der Waals surface area contributed by atoms with Gasteiger partial charge in [0.2, 0.25) is 0 Å². The molecule has 1 aromatic carbocycles. The van der Waals surface area contributed by atoms with Crippen molar-refractivity contribution < 1.29 is 9.47 Å². The van der Waals surface area contributed by atoms with Gasteiger partial charge in [-0.05, 0) is 58.2 Å². The number of fused-ring (bicyclic) bond motifs is 1. The zero-order chi connectivity index (χ0) is 14.4. The topological polar surface area (TPSA) is 33.7 Å². The molecule has 0 fully saturated rings. The molecule has 4 nitrogen and oxygen atoms in total. The van der Waals surface area contributed by atoms with E-state index in [1.165, 1.54) is 5.56 Å². The van der Waals surface area contributed by atoms with Crippen molar-refractivity contribution in [3.8, 4) is 11.5 Å². The van der Waals surface area contributed by atoms with Gasteiger partial charge in [0.05, 0.1) is 13.2 Å². The number of nitrogens with one attached hydrogen (secondary N) is 1. The van der Waals surface area contributed by atoms with Crippen LogP contribution < -0.4 is 14.8 Å². The SMILES string of the molecule is CC(NCCCN(C)C)c1ccc2c(c1)OCCCO2. The normalized spacial score (nSPS) is 16.0. The third-order valence-electron chi connectivity index (χ3n) is 3.50. The van der Waals surface area contributed by atoms with Gasteiger partial charge in [0.15, 0.2) is 11.5 Å². The molecule has 0 radical (unpaired) electrons. The predicted octanol–water partition coefficient (Wildman–Crippen LogP) is 2.45. The minimum Gasteiger partial charge on any atom is -0.490 e. The Morgan fingerprint density at radius 1 is 1.20 bits per heavy atom. The zero-order valence-corrected chi connectivity index (χ0v) is 12.8. The van der Waals surface area contributed by atoms with Crippen molar-refractivity contribution in [3.05, 3.63) is 23.8 Å². The molecule has 2 rings (SSSR count). The van der Waals surface area contributed by atoms with Crippen LogP contribution in [-0.2, 0) is 0 Å². The first kappa shape index (κ1) is 15.1. The van der Waals surface area contributed by atoms with Crippen LogP contribution >= 0.6 is 0 Å². The first-order valence-electron chi connectivity index (χ1n) is 7.44. The molecular weight excluding hydrogens is 252 g/mol. The summed E-state index contributed by atoms with van der Waals surface area (Å²) in [6, 6.07) is 6.57. The highest BCUT2D eigenvalue weighted by Crippen LogP contribution is 2.32. The van der Waals surface area contributed by atoms with E-state index in [0.29, 0.717) is 6.04 Å². The number of hydrogen-bond acceptors (Lipinski definition) is 4. The van der Waals surface area contributed by atoms with Gasteiger partial charge in [0, 0.05) is 12.5 Å². The lowest BCUT2D eigenvalue weighted by Gasteiger charge is -2.17. The Morgan fingerprint density at radius 2 is 1.95 bits per heavy atom. The molecule has 1 N–H and O–H groups in total.